The number of epoxide rings is 1. The molecule has 2 nitrogen and oxygen atoms in total. The van der Waals surface area contributed by atoms with Crippen molar-refractivity contribution in [1.82, 2.24) is 0 Å². The van der Waals surface area contributed by atoms with Crippen LogP contribution in [0.4, 0.5) is 0 Å². The summed E-state index contributed by atoms with van der Waals surface area (Å²) in [6, 6.07) is 0. The fourth-order valence-electron chi connectivity index (χ4n) is 4.81. The first-order chi connectivity index (χ1) is 7.73. The largest absolute Gasteiger partial charge is 0.365 e. The van der Waals surface area contributed by atoms with E-state index >= 15 is 0 Å². The molecule has 0 aromatic heterocycles. The third-order valence-corrected chi connectivity index (χ3v) is 6.05. The fourth-order valence-corrected chi connectivity index (χ4v) is 4.81. The molecule has 2 saturated carbocycles. The van der Waals surface area contributed by atoms with Gasteiger partial charge in [-0.25, -0.2) is 0 Å². The van der Waals surface area contributed by atoms with Crippen LogP contribution >= 0.6 is 0 Å². The van der Waals surface area contributed by atoms with Crippen molar-refractivity contribution >= 4 is 5.78 Å². The van der Waals surface area contributed by atoms with Gasteiger partial charge in [-0.3, -0.25) is 4.79 Å². The van der Waals surface area contributed by atoms with Crippen LogP contribution in [0.25, 0.3) is 0 Å². The normalized spacial score (nSPS) is 50.4. The Bertz CT molecular complexity index is 382. The molecule has 2 heteroatoms. The molecule has 0 amide bonds. The minimum Gasteiger partial charge on any atom is -0.365 e. The molecule has 1 spiro atoms. The fraction of sp³-hybridized carbons (Fsp3) is 0.933. The Morgan fingerprint density at radius 2 is 1.88 bits per heavy atom. The lowest BCUT2D eigenvalue weighted by Gasteiger charge is -2.55. The molecule has 1 saturated heterocycles. The average molecular weight is 236 g/mol. The molecule has 0 aromatic rings. The monoisotopic (exact) mass is 236 g/mol. The summed E-state index contributed by atoms with van der Waals surface area (Å²) in [5.41, 5.74) is 0.105. The minimum atomic E-state index is -0.127. The summed E-state index contributed by atoms with van der Waals surface area (Å²) in [5.74, 6) is 1.15. The molecule has 3 rings (SSSR count). The van der Waals surface area contributed by atoms with Crippen LogP contribution in [0.3, 0.4) is 0 Å². The topological polar surface area (TPSA) is 29.6 Å². The molecular formula is C15H24O2. The summed E-state index contributed by atoms with van der Waals surface area (Å²) in [7, 11) is 0. The SMILES string of the molecule is CC1CC(C)(C)C23OC2CCC(=O)C3C1(C)C. The quantitative estimate of drug-likeness (QED) is 0.604. The lowest BCUT2D eigenvalue weighted by atomic mass is 9.47. The molecule has 1 heterocycles. The molecule has 4 atom stereocenters. The van der Waals surface area contributed by atoms with E-state index in [2.05, 4.69) is 34.6 Å². The highest BCUT2D eigenvalue weighted by Crippen LogP contribution is 2.69. The standard InChI is InChI=1S/C15H24O2/c1-9-8-13(2,3)15-11(17-15)7-6-10(16)12(15)14(9,4)5/h9,11-12H,6-8H2,1-5H3. The second kappa shape index (κ2) is 2.96. The Hall–Kier alpha value is -0.370. The Kier molecular flexibility index (Phi) is 2.04. The predicted octanol–water partition coefficient (Wildman–Crippen LogP) is 3.20. The second-order valence-corrected chi connectivity index (χ2v) is 7.65. The van der Waals surface area contributed by atoms with E-state index in [0.717, 1.165) is 12.8 Å². The Labute approximate surface area is 104 Å². The molecule has 4 unspecified atom stereocenters. The lowest BCUT2D eigenvalue weighted by Crippen LogP contribution is -2.60. The van der Waals surface area contributed by atoms with E-state index in [0.29, 0.717) is 17.8 Å². The molecule has 0 aromatic carbocycles. The van der Waals surface area contributed by atoms with E-state index in [1.54, 1.807) is 0 Å². The number of Topliss-reactive ketones (excluding diaryl/α,β-unsaturated/α-hetero) is 1. The van der Waals surface area contributed by atoms with Gasteiger partial charge in [-0.2, -0.15) is 0 Å². The van der Waals surface area contributed by atoms with Gasteiger partial charge in [-0.05, 0) is 29.6 Å². The predicted molar refractivity (Wildman–Crippen MR) is 66.7 cm³/mol. The van der Waals surface area contributed by atoms with Crippen LogP contribution in [0, 0.1) is 22.7 Å². The van der Waals surface area contributed by atoms with Gasteiger partial charge in [0.15, 0.2) is 0 Å². The number of hydrogen-bond donors (Lipinski definition) is 0. The van der Waals surface area contributed by atoms with E-state index in [1.807, 2.05) is 0 Å². The molecule has 0 N–H and O–H groups in total. The second-order valence-electron chi connectivity index (χ2n) is 7.65. The van der Waals surface area contributed by atoms with Crippen molar-refractivity contribution in [1.29, 1.82) is 0 Å². The number of rotatable bonds is 0. The van der Waals surface area contributed by atoms with E-state index in [-0.39, 0.29) is 22.3 Å². The van der Waals surface area contributed by atoms with Crippen molar-refractivity contribution in [2.45, 2.75) is 65.6 Å². The molecule has 96 valence electrons. The maximum atomic E-state index is 12.4. The summed E-state index contributed by atoms with van der Waals surface area (Å²) in [5, 5.41) is 0. The van der Waals surface area contributed by atoms with Gasteiger partial charge >= 0.3 is 0 Å². The zero-order valence-corrected chi connectivity index (χ0v) is 11.7. The van der Waals surface area contributed by atoms with Crippen molar-refractivity contribution in [2.75, 3.05) is 0 Å². The molecule has 17 heavy (non-hydrogen) atoms. The summed E-state index contributed by atoms with van der Waals surface area (Å²) < 4.78 is 6.12. The summed E-state index contributed by atoms with van der Waals surface area (Å²) in [6.45, 7) is 11.4. The third kappa shape index (κ3) is 1.18. The maximum Gasteiger partial charge on any atom is 0.139 e. The van der Waals surface area contributed by atoms with E-state index < -0.39 is 0 Å². The van der Waals surface area contributed by atoms with Gasteiger partial charge in [0.25, 0.3) is 0 Å². The number of carbonyl (C=O) groups excluding carboxylic acids is 1. The summed E-state index contributed by atoms with van der Waals surface area (Å²) >= 11 is 0. The summed E-state index contributed by atoms with van der Waals surface area (Å²) in [6.07, 6.45) is 3.19. The Morgan fingerprint density at radius 1 is 1.24 bits per heavy atom. The van der Waals surface area contributed by atoms with Crippen LogP contribution in [0.2, 0.25) is 0 Å². The molecule has 2 aliphatic carbocycles. The average Bonchev–Trinajstić information content (AvgIpc) is 2.90. The number of hydrogen-bond acceptors (Lipinski definition) is 2. The van der Waals surface area contributed by atoms with Gasteiger partial charge in [-0.1, -0.05) is 34.6 Å². The van der Waals surface area contributed by atoms with Crippen LogP contribution in [0.1, 0.15) is 53.9 Å². The van der Waals surface area contributed by atoms with Crippen LogP contribution in [0.15, 0.2) is 0 Å². The van der Waals surface area contributed by atoms with Gasteiger partial charge in [-0.15, -0.1) is 0 Å². The molecule has 3 fully saturated rings. The molecule has 0 bridgehead atoms. The van der Waals surface area contributed by atoms with Gasteiger partial charge in [0, 0.05) is 6.42 Å². The summed E-state index contributed by atoms with van der Waals surface area (Å²) in [4.78, 5) is 12.4. The number of ketones is 1. The van der Waals surface area contributed by atoms with Crippen LogP contribution in [-0.4, -0.2) is 17.5 Å². The number of carbonyl (C=O) groups is 1. The highest BCUT2D eigenvalue weighted by Gasteiger charge is 2.77. The van der Waals surface area contributed by atoms with Crippen molar-refractivity contribution < 1.29 is 9.53 Å². The van der Waals surface area contributed by atoms with Crippen LogP contribution < -0.4 is 0 Å². The first kappa shape index (κ1) is 11.7. The molecule has 1 aliphatic heterocycles. The van der Waals surface area contributed by atoms with Crippen molar-refractivity contribution in [3.05, 3.63) is 0 Å². The van der Waals surface area contributed by atoms with E-state index in [1.165, 1.54) is 6.42 Å². The Balaban J connectivity index is 2.11. The van der Waals surface area contributed by atoms with Crippen LogP contribution in [0.5, 0.6) is 0 Å². The van der Waals surface area contributed by atoms with Crippen molar-refractivity contribution in [3.63, 3.8) is 0 Å². The molecular weight excluding hydrogens is 212 g/mol. The maximum absolute atomic E-state index is 12.4. The van der Waals surface area contributed by atoms with Crippen LogP contribution in [-0.2, 0) is 9.53 Å². The van der Waals surface area contributed by atoms with Gasteiger partial charge in [0.1, 0.15) is 11.4 Å². The zero-order chi connectivity index (χ0) is 12.6. The van der Waals surface area contributed by atoms with Gasteiger partial charge < -0.3 is 4.74 Å². The van der Waals surface area contributed by atoms with E-state index in [9.17, 15) is 4.79 Å². The third-order valence-electron chi connectivity index (χ3n) is 6.05. The number of ether oxygens (including phenoxy) is 1. The first-order valence-corrected chi connectivity index (χ1v) is 6.94. The van der Waals surface area contributed by atoms with Crippen molar-refractivity contribution in [2.24, 2.45) is 22.7 Å². The smallest absolute Gasteiger partial charge is 0.139 e. The lowest BCUT2D eigenvalue weighted by molar-refractivity contribution is -0.146. The minimum absolute atomic E-state index is 0.0851. The molecule has 3 aliphatic rings. The Morgan fingerprint density at radius 3 is 2.53 bits per heavy atom. The highest BCUT2D eigenvalue weighted by atomic mass is 16.6. The molecule has 0 radical (unpaired) electrons. The zero-order valence-electron chi connectivity index (χ0n) is 11.7. The first-order valence-electron chi connectivity index (χ1n) is 6.94. The van der Waals surface area contributed by atoms with E-state index in [4.69, 9.17) is 4.74 Å². The van der Waals surface area contributed by atoms with Gasteiger partial charge in [0.2, 0.25) is 0 Å². The van der Waals surface area contributed by atoms with Gasteiger partial charge in [0.05, 0.1) is 12.0 Å². The van der Waals surface area contributed by atoms with Crippen molar-refractivity contribution in [3.8, 4) is 0 Å². The highest BCUT2D eigenvalue weighted by molar-refractivity contribution is 5.85.